The quantitative estimate of drug-likeness (QED) is 0.596. The molecule has 1 aromatic carbocycles. The summed E-state index contributed by atoms with van der Waals surface area (Å²) in [5.41, 5.74) is 2.71. The molecule has 3 aromatic rings. The van der Waals surface area contributed by atoms with Gasteiger partial charge in [-0.25, -0.2) is 0 Å². The van der Waals surface area contributed by atoms with Crippen molar-refractivity contribution in [2.75, 3.05) is 11.9 Å². The van der Waals surface area contributed by atoms with E-state index in [0.717, 1.165) is 28.8 Å². The van der Waals surface area contributed by atoms with Gasteiger partial charge in [0.25, 0.3) is 5.56 Å². The maximum Gasteiger partial charge on any atom is 0.250 e. The Balaban J connectivity index is 1.54. The van der Waals surface area contributed by atoms with E-state index in [2.05, 4.69) is 36.0 Å². The molecule has 3 atom stereocenters. The van der Waals surface area contributed by atoms with Crippen molar-refractivity contribution in [1.29, 1.82) is 0 Å². The standard InChI is InChI=1S/C26H32N4O2/c1-17-5-6-18(2)14-21(13-17)30(4)25-10-9-23(27-28-25)22-8-7-19(15-24(22)31)20-11-12-29(3)26(32)16-20/h7-12,15-18,21,31H,5-6,13-14H2,1-4H3/t17-,18+,21?. The van der Waals surface area contributed by atoms with Gasteiger partial charge in [-0.3, -0.25) is 4.79 Å². The molecule has 1 N–H and O–H groups in total. The molecule has 1 fully saturated rings. The number of nitrogens with zero attached hydrogens (tertiary/aromatic N) is 4. The van der Waals surface area contributed by atoms with Crippen molar-refractivity contribution in [2.24, 2.45) is 18.9 Å². The fraction of sp³-hybridized carbons (Fsp3) is 0.423. The highest BCUT2D eigenvalue weighted by molar-refractivity contribution is 5.74. The summed E-state index contributed by atoms with van der Waals surface area (Å²) in [7, 11) is 3.82. The number of pyridine rings is 1. The van der Waals surface area contributed by atoms with Gasteiger partial charge in [0.05, 0.1) is 5.69 Å². The Morgan fingerprint density at radius 1 is 0.969 bits per heavy atom. The molecule has 0 spiro atoms. The SMILES string of the molecule is C[C@@H]1CC[C@H](C)CC(N(C)c2ccc(-c3ccc(-c4ccn(C)c(=O)c4)cc3O)nn2)C1. The van der Waals surface area contributed by atoms with E-state index in [1.165, 1.54) is 30.3 Å². The van der Waals surface area contributed by atoms with Crippen LogP contribution in [0.2, 0.25) is 0 Å². The highest BCUT2D eigenvalue weighted by Gasteiger charge is 2.25. The molecule has 1 saturated carbocycles. The average molecular weight is 433 g/mol. The lowest BCUT2D eigenvalue weighted by molar-refractivity contribution is 0.446. The first-order valence-corrected chi connectivity index (χ1v) is 11.4. The summed E-state index contributed by atoms with van der Waals surface area (Å²) < 4.78 is 1.52. The molecule has 2 heterocycles. The summed E-state index contributed by atoms with van der Waals surface area (Å²) in [6.45, 7) is 4.68. The van der Waals surface area contributed by atoms with Gasteiger partial charge >= 0.3 is 0 Å². The van der Waals surface area contributed by atoms with Crippen molar-refractivity contribution in [1.82, 2.24) is 14.8 Å². The normalized spacial score (nSPS) is 21.2. The zero-order chi connectivity index (χ0) is 22.8. The van der Waals surface area contributed by atoms with Crippen LogP contribution in [0.4, 0.5) is 5.82 Å². The summed E-state index contributed by atoms with van der Waals surface area (Å²) in [5, 5.41) is 19.5. The molecular formula is C26H32N4O2. The highest BCUT2D eigenvalue weighted by Crippen LogP contribution is 2.34. The first-order valence-electron chi connectivity index (χ1n) is 11.4. The van der Waals surface area contributed by atoms with Gasteiger partial charge < -0.3 is 14.6 Å². The van der Waals surface area contributed by atoms with Gasteiger partial charge in [0.2, 0.25) is 0 Å². The molecular weight excluding hydrogens is 400 g/mol. The highest BCUT2D eigenvalue weighted by atomic mass is 16.3. The van der Waals surface area contributed by atoms with Crippen molar-refractivity contribution in [3.05, 3.63) is 59.0 Å². The monoisotopic (exact) mass is 432 g/mol. The van der Waals surface area contributed by atoms with Crippen LogP contribution in [0.3, 0.4) is 0 Å². The van der Waals surface area contributed by atoms with E-state index in [9.17, 15) is 9.90 Å². The van der Waals surface area contributed by atoms with Crippen LogP contribution in [0.25, 0.3) is 22.4 Å². The number of aryl methyl sites for hydroxylation is 1. The summed E-state index contributed by atoms with van der Waals surface area (Å²) >= 11 is 0. The number of aromatic hydroxyl groups is 1. The molecule has 0 bridgehead atoms. The van der Waals surface area contributed by atoms with Gasteiger partial charge in [-0.1, -0.05) is 32.8 Å². The third-order valence-electron chi connectivity index (χ3n) is 6.77. The van der Waals surface area contributed by atoms with Crippen molar-refractivity contribution in [3.63, 3.8) is 0 Å². The lowest BCUT2D eigenvalue weighted by Crippen LogP contribution is -2.34. The Morgan fingerprint density at radius 3 is 2.25 bits per heavy atom. The van der Waals surface area contributed by atoms with Gasteiger partial charge in [0, 0.05) is 38.0 Å². The Labute approximate surface area is 189 Å². The van der Waals surface area contributed by atoms with Crippen molar-refractivity contribution in [2.45, 2.75) is 45.6 Å². The Bertz CT molecular complexity index is 1130. The molecule has 1 aliphatic carbocycles. The molecule has 1 unspecified atom stereocenters. The number of phenolic OH excluding ortho intramolecular Hbond substituents is 1. The third-order valence-corrected chi connectivity index (χ3v) is 6.77. The van der Waals surface area contributed by atoms with Gasteiger partial charge in [0.15, 0.2) is 5.82 Å². The molecule has 0 saturated heterocycles. The second kappa shape index (κ2) is 9.15. The predicted molar refractivity (Wildman–Crippen MR) is 129 cm³/mol. The van der Waals surface area contributed by atoms with Crippen LogP contribution in [0.15, 0.2) is 53.5 Å². The topological polar surface area (TPSA) is 71.2 Å². The Morgan fingerprint density at radius 2 is 1.66 bits per heavy atom. The van der Waals surface area contributed by atoms with Gasteiger partial charge in [-0.15, -0.1) is 10.2 Å². The summed E-state index contributed by atoms with van der Waals surface area (Å²) in [4.78, 5) is 14.2. The van der Waals surface area contributed by atoms with Crippen molar-refractivity contribution in [3.8, 4) is 28.1 Å². The van der Waals surface area contributed by atoms with Crippen molar-refractivity contribution >= 4 is 5.82 Å². The second-order valence-corrected chi connectivity index (χ2v) is 9.40. The number of aromatic nitrogens is 3. The first-order chi connectivity index (χ1) is 15.3. The van der Waals surface area contributed by atoms with Gasteiger partial charge in [-0.2, -0.15) is 0 Å². The van der Waals surface area contributed by atoms with E-state index in [1.807, 2.05) is 30.3 Å². The zero-order valence-corrected chi connectivity index (χ0v) is 19.3. The molecule has 2 aromatic heterocycles. The van der Waals surface area contributed by atoms with E-state index in [0.29, 0.717) is 17.3 Å². The number of rotatable bonds is 4. The number of anilines is 1. The van der Waals surface area contributed by atoms with E-state index in [-0.39, 0.29) is 11.3 Å². The van der Waals surface area contributed by atoms with E-state index >= 15 is 0 Å². The maximum absolute atomic E-state index is 11.9. The molecule has 4 rings (SSSR count). The molecule has 32 heavy (non-hydrogen) atoms. The summed E-state index contributed by atoms with van der Waals surface area (Å²) in [6, 6.07) is 13.2. The van der Waals surface area contributed by atoms with E-state index < -0.39 is 0 Å². The molecule has 168 valence electrons. The molecule has 0 aliphatic heterocycles. The number of hydrogen-bond acceptors (Lipinski definition) is 5. The van der Waals surface area contributed by atoms with Crippen LogP contribution in [-0.2, 0) is 7.05 Å². The molecule has 0 radical (unpaired) electrons. The van der Waals surface area contributed by atoms with E-state index in [1.54, 1.807) is 25.4 Å². The lowest BCUT2D eigenvalue weighted by Gasteiger charge is -2.30. The first kappa shape index (κ1) is 22.1. The molecule has 6 nitrogen and oxygen atoms in total. The largest absolute Gasteiger partial charge is 0.507 e. The van der Waals surface area contributed by atoms with Gasteiger partial charge in [0.1, 0.15) is 5.75 Å². The fourth-order valence-electron chi connectivity index (χ4n) is 4.65. The summed E-state index contributed by atoms with van der Waals surface area (Å²) in [5.74, 6) is 2.42. The fourth-order valence-corrected chi connectivity index (χ4v) is 4.65. The smallest absolute Gasteiger partial charge is 0.250 e. The lowest BCUT2D eigenvalue weighted by atomic mass is 9.98. The van der Waals surface area contributed by atoms with Crippen LogP contribution >= 0.6 is 0 Å². The minimum Gasteiger partial charge on any atom is -0.507 e. The van der Waals surface area contributed by atoms with Gasteiger partial charge in [-0.05, 0) is 66.1 Å². The molecule has 0 amide bonds. The average Bonchev–Trinajstić information content (AvgIpc) is 2.95. The predicted octanol–water partition coefficient (Wildman–Crippen LogP) is 4.87. The second-order valence-electron chi connectivity index (χ2n) is 9.40. The number of benzene rings is 1. The molecule has 1 aliphatic rings. The minimum atomic E-state index is -0.0888. The maximum atomic E-state index is 11.9. The minimum absolute atomic E-state index is 0.0888. The zero-order valence-electron chi connectivity index (χ0n) is 19.3. The summed E-state index contributed by atoms with van der Waals surface area (Å²) in [6.07, 6.45) is 6.66. The molecule has 6 heteroatoms. The van der Waals surface area contributed by atoms with Crippen LogP contribution in [-0.4, -0.2) is 33.0 Å². The van der Waals surface area contributed by atoms with Crippen LogP contribution < -0.4 is 10.5 Å². The van der Waals surface area contributed by atoms with Crippen molar-refractivity contribution < 1.29 is 5.11 Å². The van der Waals surface area contributed by atoms with Crippen LogP contribution in [0.5, 0.6) is 5.75 Å². The third kappa shape index (κ3) is 4.69. The Hall–Kier alpha value is -3.15. The number of phenols is 1. The van der Waals surface area contributed by atoms with Crippen LogP contribution in [0.1, 0.15) is 39.5 Å². The van der Waals surface area contributed by atoms with Crippen LogP contribution in [0, 0.1) is 11.8 Å². The Kier molecular flexibility index (Phi) is 6.31. The number of hydrogen-bond donors (Lipinski definition) is 1. The van der Waals surface area contributed by atoms with E-state index in [4.69, 9.17) is 0 Å².